The largest absolute Gasteiger partial charge is 0.481 e. The van der Waals surface area contributed by atoms with Gasteiger partial charge in [0.2, 0.25) is 10.0 Å². The van der Waals surface area contributed by atoms with Gasteiger partial charge in [-0.25, -0.2) is 12.7 Å². The van der Waals surface area contributed by atoms with Crippen LogP contribution in [0.1, 0.15) is 13.3 Å². The van der Waals surface area contributed by atoms with Crippen LogP contribution in [-0.2, 0) is 14.8 Å². The monoisotopic (exact) mass is 221 g/mol. The minimum atomic E-state index is -3.38. The molecule has 0 atom stereocenters. The Morgan fingerprint density at radius 3 is 2.36 bits per heavy atom. The van der Waals surface area contributed by atoms with Crippen LogP contribution in [0.15, 0.2) is 12.2 Å². The Bertz CT molecular complexity index is 320. The van der Waals surface area contributed by atoms with E-state index >= 15 is 0 Å². The van der Waals surface area contributed by atoms with Gasteiger partial charge in [0.1, 0.15) is 0 Å². The van der Waals surface area contributed by atoms with Crippen LogP contribution < -0.4 is 0 Å². The van der Waals surface area contributed by atoms with Gasteiger partial charge in [-0.1, -0.05) is 12.2 Å². The van der Waals surface area contributed by atoms with Gasteiger partial charge < -0.3 is 5.11 Å². The lowest BCUT2D eigenvalue weighted by atomic mass is 10.4. The summed E-state index contributed by atoms with van der Waals surface area (Å²) in [7, 11) is -2.02. The van der Waals surface area contributed by atoms with Crippen molar-refractivity contribution in [1.29, 1.82) is 0 Å². The number of carboxylic acids is 1. The molecule has 0 aromatic rings. The molecule has 0 aromatic heterocycles. The van der Waals surface area contributed by atoms with Gasteiger partial charge in [0, 0.05) is 13.6 Å². The molecule has 0 amide bonds. The second-order valence-electron chi connectivity index (χ2n) is 3.18. The molecule has 0 aromatic carbocycles. The van der Waals surface area contributed by atoms with E-state index in [1.165, 1.54) is 7.05 Å². The Balaban J connectivity index is 4.29. The van der Waals surface area contributed by atoms with Crippen molar-refractivity contribution in [2.75, 3.05) is 19.3 Å². The molecular formula is C8H15NO4S. The lowest BCUT2D eigenvalue weighted by Gasteiger charge is -2.15. The lowest BCUT2D eigenvalue weighted by molar-refractivity contribution is -0.137. The lowest BCUT2D eigenvalue weighted by Crippen LogP contribution is -2.31. The van der Waals surface area contributed by atoms with E-state index in [4.69, 9.17) is 5.11 Å². The summed E-state index contributed by atoms with van der Waals surface area (Å²) in [6.07, 6.45) is -0.189. The predicted octanol–water partition coefficient (Wildman–Crippen LogP) is 0.299. The number of carbonyl (C=O) groups is 1. The van der Waals surface area contributed by atoms with E-state index in [1.54, 1.807) is 6.92 Å². The van der Waals surface area contributed by atoms with Crippen LogP contribution in [0.3, 0.4) is 0 Å². The summed E-state index contributed by atoms with van der Waals surface area (Å²) in [6.45, 7) is 5.10. The molecule has 0 saturated heterocycles. The average molecular weight is 221 g/mol. The van der Waals surface area contributed by atoms with Gasteiger partial charge in [-0.3, -0.25) is 4.79 Å². The summed E-state index contributed by atoms with van der Waals surface area (Å²) in [5.41, 5.74) is 0.534. The van der Waals surface area contributed by atoms with Crippen molar-refractivity contribution >= 4 is 16.0 Å². The highest BCUT2D eigenvalue weighted by atomic mass is 32.2. The van der Waals surface area contributed by atoms with Crippen molar-refractivity contribution in [1.82, 2.24) is 4.31 Å². The molecule has 0 rings (SSSR count). The summed E-state index contributed by atoms with van der Waals surface area (Å²) >= 11 is 0. The number of carboxylic acid groups (broad SMARTS) is 1. The molecule has 1 N–H and O–H groups in total. The fourth-order valence-corrected chi connectivity index (χ4v) is 2.03. The number of nitrogens with zero attached hydrogens (tertiary/aromatic N) is 1. The Kier molecular flexibility index (Phi) is 4.79. The second-order valence-corrected chi connectivity index (χ2v) is 5.25. The van der Waals surface area contributed by atoms with Gasteiger partial charge in [-0.05, 0) is 6.92 Å². The molecule has 6 heteroatoms. The molecule has 0 radical (unpaired) electrons. The molecule has 0 aliphatic rings. The van der Waals surface area contributed by atoms with Crippen LogP contribution >= 0.6 is 0 Å². The van der Waals surface area contributed by atoms with Crippen LogP contribution in [0.2, 0.25) is 0 Å². The number of sulfonamides is 1. The van der Waals surface area contributed by atoms with Crippen molar-refractivity contribution < 1.29 is 18.3 Å². The van der Waals surface area contributed by atoms with Crippen LogP contribution in [0.4, 0.5) is 0 Å². The first kappa shape index (κ1) is 13.1. The minimum absolute atomic E-state index is 0.00898. The van der Waals surface area contributed by atoms with Crippen LogP contribution in [0, 0.1) is 0 Å². The molecule has 14 heavy (non-hydrogen) atoms. The summed E-state index contributed by atoms with van der Waals surface area (Å²) in [6, 6.07) is 0. The molecule has 0 spiro atoms. The molecular weight excluding hydrogens is 206 g/mol. The van der Waals surface area contributed by atoms with E-state index in [9.17, 15) is 13.2 Å². The summed E-state index contributed by atoms with van der Waals surface area (Å²) in [4.78, 5) is 10.2. The predicted molar refractivity (Wildman–Crippen MR) is 53.5 cm³/mol. The average Bonchev–Trinajstić information content (AvgIpc) is 1.97. The maximum Gasteiger partial charge on any atom is 0.304 e. The van der Waals surface area contributed by atoms with Crippen molar-refractivity contribution in [2.45, 2.75) is 13.3 Å². The molecule has 0 unspecified atom stereocenters. The Morgan fingerprint density at radius 1 is 1.50 bits per heavy atom. The van der Waals surface area contributed by atoms with Crippen molar-refractivity contribution in [2.24, 2.45) is 0 Å². The van der Waals surface area contributed by atoms with E-state index < -0.39 is 16.0 Å². The smallest absolute Gasteiger partial charge is 0.304 e. The first-order valence-corrected chi connectivity index (χ1v) is 5.67. The zero-order valence-corrected chi connectivity index (χ0v) is 9.17. The summed E-state index contributed by atoms with van der Waals surface area (Å²) in [5, 5.41) is 8.37. The van der Waals surface area contributed by atoms with Crippen LogP contribution in [0.5, 0.6) is 0 Å². The molecule has 5 nitrogen and oxygen atoms in total. The van der Waals surface area contributed by atoms with Crippen molar-refractivity contribution in [3.8, 4) is 0 Å². The third-order valence-electron chi connectivity index (χ3n) is 1.54. The fraction of sp³-hybridized carbons (Fsp3) is 0.625. The standard InChI is InChI=1S/C8H15NO4S/c1-7(2)6-14(12,13)9(3)5-4-8(10)11/h1,4-6H2,2-3H3,(H,10,11). The molecule has 0 bridgehead atoms. The van der Waals surface area contributed by atoms with E-state index in [0.29, 0.717) is 5.57 Å². The Hall–Kier alpha value is -0.880. The summed E-state index contributed by atoms with van der Waals surface area (Å²) in [5.74, 6) is -1.15. The number of hydrogen-bond donors (Lipinski definition) is 1. The van der Waals surface area contributed by atoms with Crippen molar-refractivity contribution in [3.05, 3.63) is 12.2 Å². The Labute approximate surface area is 84.1 Å². The van der Waals surface area contributed by atoms with Crippen LogP contribution in [0.25, 0.3) is 0 Å². The minimum Gasteiger partial charge on any atom is -0.481 e. The maximum absolute atomic E-state index is 11.4. The van der Waals surface area contributed by atoms with Gasteiger partial charge in [0.15, 0.2) is 0 Å². The highest BCUT2D eigenvalue weighted by molar-refractivity contribution is 7.89. The fourth-order valence-electron chi connectivity index (χ4n) is 0.814. The number of rotatable bonds is 6. The van der Waals surface area contributed by atoms with E-state index in [2.05, 4.69) is 6.58 Å². The first-order valence-electron chi connectivity index (χ1n) is 4.06. The van der Waals surface area contributed by atoms with E-state index in [-0.39, 0.29) is 18.7 Å². The van der Waals surface area contributed by atoms with Gasteiger partial charge >= 0.3 is 5.97 Å². The Morgan fingerprint density at radius 2 is 2.00 bits per heavy atom. The number of hydrogen-bond acceptors (Lipinski definition) is 3. The van der Waals surface area contributed by atoms with Gasteiger partial charge in [0.05, 0.1) is 12.2 Å². The normalized spacial score (nSPS) is 11.6. The van der Waals surface area contributed by atoms with Gasteiger partial charge in [-0.2, -0.15) is 0 Å². The molecule has 0 saturated carbocycles. The highest BCUT2D eigenvalue weighted by Gasteiger charge is 2.18. The molecule has 0 fully saturated rings. The quantitative estimate of drug-likeness (QED) is 0.654. The molecule has 0 heterocycles. The zero-order chi connectivity index (χ0) is 11.4. The third-order valence-corrected chi connectivity index (χ3v) is 3.53. The number of aliphatic carboxylic acids is 1. The first-order chi connectivity index (χ1) is 6.25. The SMILES string of the molecule is C=C(C)CS(=O)(=O)N(C)CCC(=O)O. The third kappa shape index (κ3) is 4.98. The van der Waals surface area contributed by atoms with Crippen LogP contribution in [-0.4, -0.2) is 43.1 Å². The summed E-state index contributed by atoms with van der Waals surface area (Å²) < 4.78 is 23.9. The maximum atomic E-state index is 11.4. The van der Waals surface area contributed by atoms with Gasteiger partial charge in [0.25, 0.3) is 0 Å². The highest BCUT2D eigenvalue weighted by Crippen LogP contribution is 2.03. The molecule has 0 aliphatic heterocycles. The second kappa shape index (κ2) is 5.11. The topological polar surface area (TPSA) is 74.7 Å². The molecule has 82 valence electrons. The molecule has 0 aliphatic carbocycles. The van der Waals surface area contributed by atoms with Gasteiger partial charge in [-0.15, -0.1) is 0 Å². The van der Waals surface area contributed by atoms with E-state index in [1.807, 2.05) is 0 Å². The zero-order valence-electron chi connectivity index (χ0n) is 8.36. The van der Waals surface area contributed by atoms with Crippen molar-refractivity contribution in [3.63, 3.8) is 0 Å². The van der Waals surface area contributed by atoms with E-state index in [0.717, 1.165) is 4.31 Å².